The van der Waals surface area contributed by atoms with E-state index < -0.39 is 69.2 Å². The van der Waals surface area contributed by atoms with Gasteiger partial charge in [-0.15, -0.1) is 0 Å². The Balaban J connectivity index is 1.53. The third-order valence-electron chi connectivity index (χ3n) is 9.09. The van der Waals surface area contributed by atoms with E-state index in [2.05, 4.69) is 0 Å². The van der Waals surface area contributed by atoms with Crippen LogP contribution in [0.15, 0.2) is 41.5 Å². The number of rotatable bonds is 1. The van der Waals surface area contributed by atoms with Gasteiger partial charge in [0.2, 0.25) is 0 Å². The van der Waals surface area contributed by atoms with Gasteiger partial charge >= 0.3 is 5.97 Å². The van der Waals surface area contributed by atoms with E-state index in [0.717, 1.165) is 7.11 Å². The third-order valence-corrected chi connectivity index (χ3v) is 9.09. The number of hydrogen-bond donors (Lipinski definition) is 5. The Bertz CT molecular complexity index is 1830. The molecule has 5 N–H and O–H groups in total. The highest BCUT2D eigenvalue weighted by atomic mass is 16.6. The molecule has 11 heteroatoms. The van der Waals surface area contributed by atoms with Crippen LogP contribution in [0.25, 0.3) is 11.5 Å². The van der Waals surface area contributed by atoms with Gasteiger partial charge < -0.3 is 35.0 Å². The molecule has 1 aliphatic heterocycles. The van der Waals surface area contributed by atoms with Crippen molar-refractivity contribution in [3.63, 3.8) is 0 Å². The number of aromatic hydroxyl groups is 2. The summed E-state index contributed by atoms with van der Waals surface area (Å²) in [7, 11) is 1.02. The van der Waals surface area contributed by atoms with E-state index in [4.69, 9.17) is 9.47 Å². The molecular formula is C31H24O11. The maximum Gasteiger partial charge on any atom is 0.358 e. The maximum atomic E-state index is 14.2. The Morgan fingerprint density at radius 2 is 1.69 bits per heavy atom. The molecule has 0 saturated heterocycles. The fourth-order valence-electron chi connectivity index (χ4n) is 7.29. The number of ketones is 3. The summed E-state index contributed by atoms with van der Waals surface area (Å²) in [5, 5.41) is 55.6. The van der Waals surface area contributed by atoms with Gasteiger partial charge in [-0.05, 0) is 49.1 Å². The summed E-state index contributed by atoms with van der Waals surface area (Å²) >= 11 is 0. The van der Waals surface area contributed by atoms with E-state index in [9.17, 15) is 44.7 Å². The molecule has 1 heterocycles. The minimum Gasteiger partial charge on any atom is -0.507 e. The highest BCUT2D eigenvalue weighted by Gasteiger charge is 2.63. The minimum atomic E-state index is -2.48. The number of phenols is 2. The van der Waals surface area contributed by atoms with Gasteiger partial charge in [0.05, 0.1) is 35.2 Å². The first-order valence-corrected chi connectivity index (χ1v) is 13.3. The van der Waals surface area contributed by atoms with E-state index in [-0.39, 0.29) is 64.2 Å². The molecule has 0 amide bonds. The van der Waals surface area contributed by atoms with Crippen molar-refractivity contribution in [3.05, 3.63) is 74.9 Å². The molecule has 11 nitrogen and oxygen atoms in total. The molecule has 2 aromatic rings. The molecule has 1 fully saturated rings. The Hall–Kier alpha value is -4.90. The van der Waals surface area contributed by atoms with Gasteiger partial charge in [-0.1, -0.05) is 12.2 Å². The number of allylic oxidation sites excluding steroid dienone is 3. The van der Waals surface area contributed by atoms with Crippen molar-refractivity contribution >= 4 is 34.8 Å². The van der Waals surface area contributed by atoms with E-state index in [1.807, 2.05) is 0 Å². The number of ether oxygens (including phenoxy) is 2. The number of carbonyl (C=O) groups excluding carboxylic acids is 4. The lowest BCUT2D eigenvalue weighted by atomic mass is 9.62. The second-order valence-corrected chi connectivity index (χ2v) is 11.3. The second-order valence-electron chi connectivity index (χ2n) is 11.3. The number of fused-ring (bicyclic) bond motifs is 3. The molecule has 6 aliphatic rings. The van der Waals surface area contributed by atoms with Crippen LogP contribution in [0.5, 0.6) is 17.2 Å². The van der Waals surface area contributed by atoms with Crippen LogP contribution in [0.2, 0.25) is 0 Å². The zero-order valence-corrected chi connectivity index (χ0v) is 22.3. The molecule has 1 spiro atoms. The van der Waals surface area contributed by atoms with Crippen LogP contribution in [0.4, 0.5) is 0 Å². The van der Waals surface area contributed by atoms with Crippen molar-refractivity contribution in [2.75, 3.05) is 7.11 Å². The number of esters is 1. The van der Waals surface area contributed by atoms with Crippen molar-refractivity contribution in [2.45, 2.75) is 43.8 Å². The number of aryl methyl sites for hydroxylation is 1. The number of phenolic OH excluding ortho intramolecular Hbond substituents is 2. The summed E-state index contributed by atoms with van der Waals surface area (Å²) in [5.74, 6) is -6.98. The monoisotopic (exact) mass is 572 g/mol. The Labute approximate surface area is 237 Å². The van der Waals surface area contributed by atoms with Crippen LogP contribution in [0, 0.1) is 12.3 Å². The van der Waals surface area contributed by atoms with Crippen LogP contribution in [-0.2, 0) is 25.5 Å². The topological polar surface area (TPSA) is 188 Å². The largest absolute Gasteiger partial charge is 0.507 e. The Morgan fingerprint density at radius 3 is 2.40 bits per heavy atom. The smallest absolute Gasteiger partial charge is 0.358 e. The van der Waals surface area contributed by atoms with Crippen molar-refractivity contribution in [3.8, 4) is 17.2 Å². The van der Waals surface area contributed by atoms with Gasteiger partial charge in [0.1, 0.15) is 40.4 Å². The number of carbonyl (C=O) groups is 4. The number of hydrogen-bond acceptors (Lipinski definition) is 11. The molecular weight excluding hydrogens is 548 g/mol. The number of aliphatic hydroxyl groups excluding tert-OH is 3. The van der Waals surface area contributed by atoms with Gasteiger partial charge in [-0.25, -0.2) is 4.79 Å². The molecule has 4 unspecified atom stereocenters. The Morgan fingerprint density at radius 1 is 1.00 bits per heavy atom. The summed E-state index contributed by atoms with van der Waals surface area (Å²) in [5.41, 5.74) is -4.64. The van der Waals surface area contributed by atoms with Crippen molar-refractivity contribution in [1.82, 2.24) is 0 Å². The van der Waals surface area contributed by atoms with Crippen LogP contribution in [0.1, 0.15) is 56.9 Å². The standard InChI is InChI=1S/C31H24O11/c1-11-7-14-20(16(33)8-11)25(37)23-24(36)13-5-6-30(23,28(14)39)10-12-9-17(34)21-26(38)22-15(32)3-4-18(35)31(22,29(40)41-2)42-27(21)19(12)13/h5-9,13,18,33-35,37-38H,3-4,10H2,1-2H3. The van der Waals surface area contributed by atoms with Crippen molar-refractivity contribution in [1.29, 1.82) is 0 Å². The first-order chi connectivity index (χ1) is 19.9. The number of methoxy groups -OCH3 is 1. The predicted molar refractivity (Wildman–Crippen MR) is 143 cm³/mol. The number of aliphatic hydroxyl groups is 3. The third kappa shape index (κ3) is 2.83. The van der Waals surface area contributed by atoms with Crippen molar-refractivity contribution in [2.24, 2.45) is 5.41 Å². The number of benzene rings is 2. The van der Waals surface area contributed by atoms with Crippen LogP contribution in [-0.4, -0.2) is 67.7 Å². The van der Waals surface area contributed by atoms with Gasteiger partial charge in [0.15, 0.2) is 17.3 Å². The summed E-state index contributed by atoms with van der Waals surface area (Å²) in [4.78, 5) is 54.5. The lowest BCUT2D eigenvalue weighted by Gasteiger charge is -2.43. The molecule has 2 aromatic carbocycles. The van der Waals surface area contributed by atoms with Crippen LogP contribution in [0.3, 0.4) is 0 Å². The van der Waals surface area contributed by atoms with Crippen LogP contribution >= 0.6 is 0 Å². The normalized spacial score (nSPS) is 28.8. The molecule has 42 heavy (non-hydrogen) atoms. The van der Waals surface area contributed by atoms with Crippen molar-refractivity contribution < 1.29 is 54.2 Å². The Kier molecular flexibility index (Phi) is 5.02. The zero-order chi connectivity index (χ0) is 30.0. The molecule has 1 saturated carbocycles. The van der Waals surface area contributed by atoms with Crippen LogP contribution < -0.4 is 4.74 Å². The highest BCUT2D eigenvalue weighted by molar-refractivity contribution is 6.23. The van der Waals surface area contributed by atoms with E-state index in [1.165, 1.54) is 30.4 Å². The minimum absolute atomic E-state index is 0.0187. The van der Waals surface area contributed by atoms with Gasteiger partial charge in [-0.3, -0.25) is 14.4 Å². The fourth-order valence-corrected chi connectivity index (χ4v) is 7.29. The van der Waals surface area contributed by atoms with E-state index in [0.29, 0.717) is 5.56 Å². The molecule has 214 valence electrons. The summed E-state index contributed by atoms with van der Waals surface area (Å²) < 4.78 is 11.1. The second kappa shape index (κ2) is 8.10. The van der Waals surface area contributed by atoms with Gasteiger partial charge in [0, 0.05) is 17.5 Å². The van der Waals surface area contributed by atoms with Gasteiger partial charge in [0.25, 0.3) is 5.60 Å². The fraction of sp³-hybridized carbons (Fsp3) is 0.290. The first-order valence-electron chi connectivity index (χ1n) is 13.3. The van der Waals surface area contributed by atoms with E-state index in [1.54, 1.807) is 6.92 Å². The lowest BCUT2D eigenvalue weighted by molar-refractivity contribution is -0.169. The maximum absolute atomic E-state index is 14.2. The van der Waals surface area contributed by atoms with Gasteiger partial charge in [-0.2, -0.15) is 0 Å². The molecule has 0 aromatic heterocycles. The summed E-state index contributed by atoms with van der Waals surface area (Å²) in [6.45, 7) is 1.67. The molecule has 0 radical (unpaired) electrons. The highest BCUT2D eigenvalue weighted by Crippen LogP contribution is 2.59. The predicted octanol–water partition coefficient (Wildman–Crippen LogP) is 2.63. The molecule has 8 rings (SSSR count). The summed E-state index contributed by atoms with van der Waals surface area (Å²) in [6, 6.07) is 4.12. The average Bonchev–Trinajstić information content (AvgIpc) is 3.16. The molecule has 4 atom stereocenters. The first kappa shape index (κ1) is 26.0. The average molecular weight is 573 g/mol. The summed E-state index contributed by atoms with van der Waals surface area (Å²) in [6.07, 6.45) is 0.684. The number of Topliss-reactive ketones (excluding diaryl/α,β-unsaturated/α-hetero) is 3. The van der Waals surface area contributed by atoms with E-state index >= 15 is 0 Å². The molecule has 5 aliphatic carbocycles. The zero-order valence-electron chi connectivity index (χ0n) is 22.3. The quantitative estimate of drug-likeness (QED) is 0.250. The lowest BCUT2D eigenvalue weighted by Crippen LogP contribution is -2.61. The molecule has 2 bridgehead atoms. The SMILES string of the molecule is COC(=O)C12Oc3c(c(O)cc4c3C3C=CC5(C4)C(=O)c4cc(C)cc(O)c4C(O)=C5C3=O)C(O)=C1C(=O)CCC2O.